The predicted molar refractivity (Wildman–Crippen MR) is 62.1 cm³/mol. The first-order valence-corrected chi connectivity index (χ1v) is 5.39. The van der Waals surface area contributed by atoms with Gasteiger partial charge in [0.1, 0.15) is 0 Å². The van der Waals surface area contributed by atoms with E-state index in [9.17, 15) is 4.79 Å². The lowest BCUT2D eigenvalue weighted by molar-refractivity contribution is -0.123. The minimum absolute atomic E-state index is 0. The highest BCUT2D eigenvalue weighted by molar-refractivity contribution is 5.85. The van der Waals surface area contributed by atoms with E-state index in [4.69, 9.17) is 10.5 Å². The Hall–Kier alpha value is -0.320. The molecule has 1 heterocycles. The minimum Gasteiger partial charge on any atom is -0.376 e. The molecule has 1 amide bonds. The van der Waals surface area contributed by atoms with Gasteiger partial charge in [0.15, 0.2) is 0 Å². The minimum atomic E-state index is -0.376. The summed E-state index contributed by atoms with van der Waals surface area (Å²) in [6.07, 6.45) is 4.25. The topological polar surface area (TPSA) is 64.4 Å². The molecule has 0 spiro atoms. The van der Waals surface area contributed by atoms with E-state index in [1.165, 1.54) is 6.42 Å². The molecule has 0 radical (unpaired) electrons. The Kier molecular flexibility index (Phi) is 7.74. The van der Waals surface area contributed by atoms with Gasteiger partial charge < -0.3 is 15.8 Å². The molecule has 1 rings (SSSR count). The lowest BCUT2D eigenvalue weighted by Crippen LogP contribution is -2.44. The van der Waals surface area contributed by atoms with Gasteiger partial charge in [0.25, 0.3) is 0 Å². The Morgan fingerprint density at radius 1 is 1.60 bits per heavy atom. The number of nitrogens with one attached hydrogen (secondary N) is 1. The van der Waals surface area contributed by atoms with Crippen LogP contribution in [-0.4, -0.2) is 31.2 Å². The molecule has 3 N–H and O–H groups in total. The van der Waals surface area contributed by atoms with Gasteiger partial charge in [-0.05, 0) is 25.7 Å². The number of hydrogen-bond donors (Lipinski definition) is 2. The van der Waals surface area contributed by atoms with Crippen molar-refractivity contribution >= 4 is 18.3 Å². The summed E-state index contributed by atoms with van der Waals surface area (Å²) in [7, 11) is 0. The third-order valence-electron chi connectivity index (χ3n) is 2.55. The van der Waals surface area contributed by atoms with Gasteiger partial charge in [-0.25, -0.2) is 0 Å². The van der Waals surface area contributed by atoms with Gasteiger partial charge in [0.05, 0.1) is 12.1 Å². The molecule has 15 heavy (non-hydrogen) atoms. The van der Waals surface area contributed by atoms with Crippen LogP contribution in [-0.2, 0) is 9.53 Å². The second-order valence-electron chi connectivity index (χ2n) is 3.75. The molecule has 0 saturated carbocycles. The lowest BCUT2D eigenvalue weighted by atomic mass is 10.1. The van der Waals surface area contributed by atoms with E-state index in [1.807, 2.05) is 6.92 Å². The number of rotatable bonds is 4. The molecule has 1 saturated heterocycles. The molecule has 0 bridgehead atoms. The maximum absolute atomic E-state index is 11.3. The van der Waals surface area contributed by atoms with E-state index in [1.54, 1.807) is 0 Å². The zero-order valence-corrected chi connectivity index (χ0v) is 10.0. The van der Waals surface area contributed by atoms with Crippen LogP contribution in [0.1, 0.15) is 32.6 Å². The molecular weight excluding hydrogens is 216 g/mol. The quantitative estimate of drug-likeness (QED) is 0.760. The molecular formula is C10H21ClN2O2. The van der Waals surface area contributed by atoms with Gasteiger partial charge >= 0.3 is 0 Å². The van der Waals surface area contributed by atoms with Crippen LogP contribution in [0.4, 0.5) is 0 Å². The molecule has 1 aliphatic rings. The fraction of sp³-hybridized carbons (Fsp3) is 0.900. The van der Waals surface area contributed by atoms with Crippen molar-refractivity contribution in [3.05, 3.63) is 0 Å². The molecule has 0 aromatic rings. The molecule has 0 aromatic heterocycles. The van der Waals surface area contributed by atoms with Crippen molar-refractivity contribution in [2.45, 2.75) is 44.8 Å². The predicted octanol–water partition coefficient (Wildman–Crippen LogP) is 0.831. The van der Waals surface area contributed by atoms with Crippen molar-refractivity contribution in [2.24, 2.45) is 5.73 Å². The van der Waals surface area contributed by atoms with Crippen LogP contribution in [0.3, 0.4) is 0 Å². The second kappa shape index (κ2) is 7.91. The van der Waals surface area contributed by atoms with Crippen LogP contribution in [0.15, 0.2) is 0 Å². The van der Waals surface area contributed by atoms with Gasteiger partial charge in [0.2, 0.25) is 5.91 Å². The van der Waals surface area contributed by atoms with E-state index in [0.717, 1.165) is 19.4 Å². The van der Waals surface area contributed by atoms with Crippen molar-refractivity contribution < 1.29 is 9.53 Å². The van der Waals surface area contributed by atoms with Crippen molar-refractivity contribution in [1.29, 1.82) is 0 Å². The summed E-state index contributed by atoms with van der Waals surface area (Å²) in [5.74, 6) is -0.0679. The molecule has 2 atom stereocenters. The van der Waals surface area contributed by atoms with E-state index in [-0.39, 0.29) is 30.5 Å². The normalized spacial score (nSPS) is 22.7. The van der Waals surface area contributed by atoms with E-state index in [2.05, 4.69) is 5.32 Å². The number of halogens is 1. The van der Waals surface area contributed by atoms with Gasteiger partial charge in [0, 0.05) is 13.2 Å². The summed E-state index contributed by atoms with van der Waals surface area (Å²) < 4.78 is 5.49. The monoisotopic (exact) mass is 236 g/mol. The zero-order chi connectivity index (χ0) is 10.4. The molecule has 0 aliphatic carbocycles. The van der Waals surface area contributed by atoms with E-state index in [0.29, 0.717) is 13.0 Å². The Labute approximate surface area is 97.3 Å². The second-order valence-corrected chi connectivity index (χ2v) is 3.75. The van der Waals surface area contributed by atoms with Gasteiger partial charge in [-0.15, -0.1) is 12.4 Å². The number of ether oxygens (including phenoxy) is 1. The molecule has 1 unspecified atom stereocenters. The standard InChI is InChI=1S/C10H20N2O2.ClH/c1-2-9(11)10(13)12-7-8-5-3-4-6-14-8;/h8-9H,2-7,11H2,1H3,(H,12,13);1H/t8?,9-;/m0./s1. The summed E-state index contributed by atoms with van der Waals surface area (Å²) in [6, 6.07) is -0.376. The van der Waals surface area contributed by atoms with E-state index < -0.39 is 0 Å². The molecule has 90 valence electrons. The summed E-state index contributed by atoms with van der Waals surface area (Å²) in [5.41, 5.74) is 5.58. The number of hydrogen-bond acceptors (Lipinski definition) is 3. The van der Waals surface area contributed by atoms with Gasteiger partial charge in [-0.2, -0.15) is 0 Å². The highest BCUT2D eigenvalue weighted by atomic mass is 35.5. The molecule has 5 heteroatoms. The number of carbonyl (C=O) groups is 1. The van der Waals surface area contributed by atoms with Crippen LogP contribution in [0.2, 0.25) is 0 Å². The smallest absolute Gasteiger partial charge is 0.236 e. The summed E-state index contributed by atoms with van der Waals surface area (Å²) in [5, 5.41) is 2.81. The highest BCUT2D eigenvalue weighted by Gasteiger charge is 2.16. The average molecular weight is 237 g/mol. The van der Waals surface area contributed by atoms with E-state index >= 15 is 0 Å². The van der Waals surface area contributed by atoms with Crippen molar-refractivity contribution in [1.82, 2.24) is 5.32 Å². The zero-order valence-electron chi connectivity index (χ0n) is 9.20. The Balaban J connectivity index is 0.00000196. The highest BCUT2D eigenvalue weighted by Crippen LogP contribution is 2.11. The van der Waals surface area contributed by atoms with Crippen LogP contribution in [0.5, 0.6) is 0 Å². The number of carbonyl (C=O) groups excluding carboxylic acids is 1. The maximum atomic E-state index is 11.3. The number of amides is 1. The first-order valence-electron chi connectivity index (χ1n) is 5.39. The SMILES string of the molecule is CC[C@H](N)C(=O)NCC1CCCCO1.Cl. The largest absolute Gasteiger partial charge is 0.376 e. The first-order chi connectivity index (χ1) is 6.74. The van der Waals surface area contributed by atoms with Gasteiger partial charge in [-0.1, -0.05) is 6.92 Å². The average Bonchev–Trinajstić information content (AvgIpc) is 2.26. The Morgan fingerprint density at radius 2 is 2.33 bits per heavy atom. The fourth-order valence-electron chi connectivity index (χ4n) is 1.50. The van der Waals surface area contributed by atoms with Crippen LogP contribution >= 0.6 is 12.4 Å². The Morgan fingerprint density at radius 3 is 2.87 bits per heavy atom. The molecule has 4 nitrogen and oxygen atoms in total. The third-order valence-corrected chi connectivity index (χ3v) is 2.55. The first kappa shape index (κ1) is 14.7. The van der Waals surface area contributed by atoms with Crippen molar-refractivity contribution in [3.8, 4) is 0 Å². The summed E-state index contributed by atoms with van der Waals surface area (Å²) in [4.78, 5) is 11.3. The number of nitrogens with two attached hydrogens (primary N) is 1. The molecule has 0 aromatic carbocycles. The van der Waals surface area contributed by atoms with Crippen molar-refractivity contribution in [2.75, 3.05) is 13.2 Å². The molecule has 1 aliphatic heterocycles. The molecule has 1 fully saturated rings. The lowest BCUT2D eigenvalue weighted by Gasteiger charge is -2.23. The third kappa shape index (κ3) is 5.35. The van der Waals surface area contributed by atoms with Crippen molar-refractivity contribution in [3.63, 3.8) is 0 Å². The Bertz CT molecular complexity index is 184. The fourth-order valence-corrected chi connectivity index (χ4v) is 1.50. The van der Waals surface area contributed by atoms with Gasteiger partial charge in [-0.3, -0.25) is 4.79 Å². The van der Waals surface area contributed by atoms with Crippen LogP contribution in [0, 0.1) is 0 Å². The summed E-state index contributed by atoms with van der Waals surface area (Å²) >= 11 is 0. The maximum Gasteiger partial charge on any atom is 0.236 e. The van der Waals surface area contributed by atoms with Crippen LogP contribution in [0.25, 0.3) is 0 Å². The van der Waals surface area contributed by atoms with Crippen LogP contribution < -0.4 is 11.1 Å². The summed E-state index contributed by atoms with van der Waals surface area (Å²) in [6.45, 7) is 3.33.